The van der Waals surface area contributed by atoms with E-state index in [1.165, 1.54) is 0 Å². The van der Waals surface area contributed by atoms with E-state index in [2.05, 4.69) is 29.8 Å². The number of carbonyl (C=O) groups is 1. The van der Waals surface area contributed by atoms with E-state index in [4.69, 9.17) is 5.73 Å². The summed E-state index contributed by atoms with van der Waals surface area (Å²) in [5.41, 5.74) is 6.97. The molecule has 1 rings (SSSR count). The van der Waals surface area contributed by atoms with Crippen LogP contribution >= 0.6 is 15.9 Å². The number of rotatable bonds is 4. The van der Waals surface area contributed by atoms with Crippen LogP contribution in [0.5, 0.6) is 0 Å². The number of amides is 1. The highest BCUT2D eigenvalue weighted by Crippen LogP contribution is 2.19. The van der Waals surface area contributed by atoms with Crippen LogP contribution in [0.4, 0.5) is 5.69 Å². The fraction of sp³-hybridized carbons (Fsp3) is 0.462. The molecule has 0 bridgehead atoms. The second kappa shape index (κ2) is 6.05. The van der Waals surface area contributed by atoms with Gasteiger partial charge in [-0.25, -0.2) is 0 Å². The number of hydrogen-bond acceptors (Lipinski definition) is 2. The molecule has 0 atom stereocenters. The average Bonchev–Trinajstić information content (AvgIpc) is 2.28. The Balaban J connectivity index is 2.95. The predicted molar refractivity (Wildman–Crippen MR) is 75.0 cm³/mol. The van der Waals surface area contributed by atoms with E-state index in [1.54, 1.807) is 23.1 Å². The summed E-state index contributed by atoms with van der Waals surface area (Å²) < 4.78 is 0.832. The summed E-state index contributed by atoms with van der Waals surface area (Å²) in [7, 11) is 1.84. The van der Waals surface area contributed by atoms with Crippen LogP contribution in [0.25, 0.3) is 0 Å². The van der Waals surface area contributed by atoms with Gasteiger partial charge in [0.25, 0.3) is 5.91 Å². The van der Waals surface area contributed by atoms with Crippen molar-refractivity contribution in [3.63, 3.8) is 0 Å². The molecule has 0 unspecified atom stereocenters. The van der Waals surface area contributed by atoms with E-state index in [1.807, 2.05) is 7.05 Å². The summed E-state index contributed by atoms with van der Waals surface area (Å²) in [6, 6.07) is 5.58. The molecule has 3 nitrogen and oxygen atoms in total. The molecular formula is C13H19BrN2O. The van der Waals surface area contributed by atoms with Crippen LogP contribution in [-0.4, -0.2) is 23.9 Å². The van der Waals surface area contributed by atoms with Gasteiger partial charge in [-0.2, -0.15) is 0 Å². The number of halogens is 1. The monoisotopic (exact) mass is 298 g/mol. The van der Waals surface area contributed by atoms with E-state index in [0.717, 1.165) is 17.3 Å². The van der Waals surface area contributed by atoms with Crippen molar-refractivity contribution in [3.05, 3.63) is 28.2 Å². The van der Waals surface area contributed by atoms with Crippen LogP contribution in [0.2, 0.25) is 0 Å². The van der Waals surface area contributed by atoms with Gasteiger partial charge in [-0.3, -0.25) is 4.79 Å². The number of benzene rings is 1. The standard InChI is InChI=1S/C13H19BrN2O/c1-4-12(5-2)16(3)13(17)9-6-10(14)8-11(15)7-9/h6-8,12H,4-5,15H2,1-3H3. The van der Waals surface area contributed by atoms with Crippen molar-refractivity contribution in [2.24, 2.45) is 0 Å². The molecule has 0 fully saturated rings. The van der Waals surface area contributed by atoms with E-state index in [9.17, 15) is 4.79 Å². The smallest absolute Gasteiger partial charge is 0.253 e. The minimum Gasteiger partial charge on any atom is -0.399 e. The highest BCUT2D eigenvalue weighted by Gasteiger charge is 2.18. The lowest BCUT2D eigenvalue weighted by atomic mass is 10.1. The van der Waals surface area contributed by atoms with Crippen molar-refractivity contribution in [2.75, 3.05) is 12.8 Å². The van der Waals surface area contributed by atoms with Gasteiger partial charge in [-0.1, -0.05) is 29.8 Å². The van der Waals surface area contributed by atoms with Gasteiger partial charge in [0.05, 0.1) is 0 Å². The summed E-state index contributed by atoms with van der Waals surface area (Å²) >= 11 is 3.35. The van der Waals surface area contributed by atoms with Crippen LogP contribution in [0.15, 0.2) is 22.7 Å². The van der Waals surface area contributed by atoms with Crippen molar-refractivity contribution in [1.82, 2.24) is 4.90 Å². The summed E-state index contributed by atoms with van der Waals surface area (Å²) in [6.45, 7) is 4.18. The van der Waals surface area contributed by atoms with Crippen molar-refractivity contribution < 1.29 is 4.79 Å². The van der Waals surface area contributed by atoms with Crippen molar-refractivity contribution in [2.45, 2.75) is 32.7 Å². The average molecular weight is 299 g/mol. The first-order valence-corrected chi connectivity index (χ1v) is 6.62. The zero-order valence-electron chi connectivity index (χ0n) is 10.5. The minimum atomic E-state index is 0.0201. The van der Waals surface area contributed by atoms with Gasteiger partial charge in [0.1, 0.15) is 0 Å². The zero-order valence-corrected chi connectivity index (χ0v) is 12.1. The molecular weight excluding hydrogens is 280 g/mol. The van der Waals surface area contributed by atoms with Gasteiger partial charge >= 0.3 is 0 Å². The van der Waals surface area contributed by atoms with E-state index in [-0.39, 0.29) is 11.9 Å². The fourth-order valence-electron chi connectivity index (χ4n) is 1.94. The molecule has 17 heavy (non-hydrogen) atoms. The van der Waals surface area contributed by atoms with Crippen LogP contribution < -0.4 is 5.73 Å². The predicted octanol–water partition coefficient (Wildman–Crippen LogP) is 3.29. The quantitative estimate of drug-likeness (QED) is 0.867. The molecule has 2 N–H and O–H groups in total. The molecule has 1 aromatic carbocycles. The number of nitrogens with two attached hydrogens (primary N) is 1. The van der Waals surface area contributed by atoms with Crippen molar-refractivity contribution >= 4 is 27.5 Å². The number of anilines is 1. The Bertz CT molecular complexity index is 382. The number of nitrogen functional groups attached to an aromatic ring is 1. The number of hydrogen-bond donors (Lipinski definition) is 1. The lowest BCUT2D eigenvalue weighted by Gasteiger charge is -2.26. The molecule has 0 aliphatic carbocycles. The molecule has 0 aliphatic heterocycles. The third-order valence-corrected chi connectivity index (χ3v) is 3.44. The second-order valence-electron chi connectivity index (χ2n) is 4.16. The third-order valence-electron chi connectivity index (χ3n) is 2.98. The Hall–Kier alpha value is -1.03. The summed E-state index contributed by atoms with van der Waals surface area (Å²) in [4.78, 5) is 14.1. The SMILES string of the molecule is CCC(CC)N(C)C(=O)c1cc(N)cc(Br)c1. The molecule has 0 heterocycles. The van der Waals surface area contributed by atoms with E-state index in [0.29, 0.717) is 11.3 Å². The zero-order chi connectivity index (χ0) is 13.0. The fourth-order valence-corrected chi connectivity index (χ4v) is 2.45. The van der Waals surface area contributed by atoms with Crippen molar-refractivity contribution in [3.8, 4) is 0 Å². The maximum atomic E-state index is 12.3. The summed E-state index contributed by atoms with van der Waals surface area (Å²) in [5.74, 6) is 0.0201. The van der Waals surface area contributed by atoms with Gasteiger partial charge in [0.15, 0.2) is 0 Å². The van der Waals surface area contributed by atoms with Crippen molar-refractivity contribution in [1.29, 1.82) is 0 Å². The normalized spacial score (nSPS) is 10.6. The van der Waals surface area contributed by atoms with Crippen LogP contribution in [-0.2, 0) is 0 Å². The first-order valence-electron chi connectivity index (χ1n) is 5.82. The largest absolute Gasteiger partial charge is 0.399 e. The van der Waals surface area contributed by atoms with Crippen LogP contribution in [0.3, 0.4) is 0 Å². The Morgan fingerprint density at radius 3 is 2.41 bits per heavy atom. The van der Waals surface area contributed by atoms with E-state index >= 15 is 0 Å². The van der Waals surface area contributed by atoms with Crippen LogP contribution in [0.1, 0.15) is 37.0 Å². The van der Waals surface area contributed by atoms with Gasteiger partial charge < -0.3 is 10.6 Å². The Labute approximate surface area is 111 Å². The van der Waals surface area contributed by atoms with Crippen LogP contribution in [0, 0.1) is 0 Å². The molecule has 1 amide bonds. The topological polar surface area (TPSA) is 46.3 Å². The van der Waals surface area contributed by atoms with Gasteiger partial charge in [0.2, 0.25) is 0 Å². The minimum absolute atomic E-state index is 0.0201. The Morgan fingerprint density at radius 2 is 1.94 bits per heavy atom. The second-order valence-corrected chi connectivity index (χ2v) is 5.08. The molecule has 94 valence electrons. The molecule has 0 spiro atoms. The lowest BCUT2D eigenvalue weighted by molar-refractivity contribution is 0.0723. The van der Waals surface area contributed by atoms with Gasteiger partial charge in [-0.15, -0.1) is 0 Å². The highest BCUT2D eigenvalue weighted by atomic mass is 79.9. The third kappa shape index (κ3) is 3.46. The summed E-state index contributed by atoms with van der Waals surface area (Å²) in [6.07, 6.45) is 1.92. The maximum Gasteiger partial charge on any atom is 0.253 e. The first-order chi connectivity index (χ1) is 7.99. The number of carbonyl (C=O) groups excluding carboxylic acids is 1. The number of nitrogens with zero attached hydrogens (tertiary/aromatic N) is 1. The molecule has 0 radical (unpaired) electrons. The first kappa shape index (κ1) is 14.0. The molecule has 0 aromatic heterocycles. The van der Waals surface area contributed by atoms with Gasteiger partial charge in [-0.05, 0) is 31.0 Å². The maximum absolute atomic E-state index is 12.3. The van der Waals surface area contributed by atoms with E-state index < -0.39 is 0 Å². The Kier molecular flexibility index (Phi) is 5.00. The highest BCUT2D eigenvalue weighted by molar-refractivity contribution is 9.10. The summed E-state index contributed by atoms with van der Waals surface area (Å²) in [5, 5.41) is 0. The van der Waals surface area contributed by atoms with Gasteiger partial charge in [0, 0.05) is 28.8 Å². The molecule has 1 aromatic rings. The Morgan fingerprint density at radius 1 is 1.35 bits per heavy atom. The molecule has 0 saturated heterocycles. The molecule has 4 heteroatoms. The molecule has 0 saturated carbocycles. The molecule has 0 aliphatic rings. The lowest BCUT2D eigenvalue weighted by Crippen LogP contribution is -2.36.